The van der Waals surface area contributed by atoms with Crippen LogP contribution in [0.5, 0.6) is 11.5 Å². The van der Waals surface area contributed by atoms with Gasteiger partial charge in [0.1, 0.15) is 0 Å². The predicted molar refractivity (Wildman–Crippen MR) is 71.3 cm³/mol. The lowest BCUT2D eigenvalue weighted by Crippen LogP contribution is -1.93. The summed E-state index contributed by atoms with van der Waals surface area (Å²) in [5.41, 5.74) is 0.0768. The van der Waals surface area contributed by atoms with Crippen molar-refractivity contribution in [2.45, 2.75) is 6.92 Å². The summed E-state index contributed by atoms with van der Waals surface area (Å²) in [6.45, 7) is 1.91. The summed E-state index contributed by atoms with van der Waals surface area (Å²) in [7, 11) is -10.2. The Kier molecular flexibility index (Phi) is 5.15. The molecule has 0 aliphatic rings. The molecular formula is C10H14O8P2. The molecule has 0 atom stereocenters. The van der Waals surface area contributed by atoms with E-state index in [9.17, 15) is 14.2 Å². The largest absolute Gasteiger partial charge is 0.504 e. The molecule has 0 aliphatic heterocycles. The van der Waals surface area contributed by atoms with Gasteiger partial charge < -0.3 is 29.4 Å². The number of ether oxygens (including phenoxy) is 1. The Labute approximate surface area is 114 Å². The molecule has 0 heterocycles. The number of rotatable bonds is 5. The maximum Gasteiger partial charge on any atom is 0.364 e. The van der Waals surface area contributed by atoms with Gasteiger partial charge >= 0.3 is 15.2 Å². The molecule has 0 radical (unpaired) electrons. The molecule has 0 fully saturated rings. The second-order valence-corrected chi connectivity index (χ2v) is 7.24. The summed E-state index contributed by atoms with van der Waals surface area (Å²) in [6, 6.07) is 3.64. The quantitative estimate of drug-likeness (QED) is 0.512. The SMILES string of the molecule is CCOc1cc(C=C(P(=O)(O)O)P(=O)(O)O)ccc1O. The second kappa shape index (κ2) is 6.10. The van der Waals surface area contributed by atoms with Gasteiger partial charge in [-0.15, -0.1) is 0 Å². The van der Waals surface area contributed by atoms with Gasteiger partial charge in [0.15, 0.2) is 16.6 Å². The number of hydrogen-bond donors (Lipinski definition) is 5. The zero-order valence-electron chi connectivity index (χ0n) is 10.4. The van der Waals surface area contributed by atoms with E-state index >= 15 is 0 Å². The van der Waals surface area contributed by atoms with E-state index in [1.54, 1.807) is 6.92 Å². The first-order valence-corrected chi connectivity index (χ1v) is 8.58. The molecule has 1 rings (SSSR count). The summed E-state index contributed by atoms with van der Waals surface area (Å²) >= 11 is 0. The number of phenolic OH excluding ortho intramolecular Hbond substituents is 1. The Morgan fingerprint density at radius 2 is 1.75 bits per heavy atom. The highest BCUT2D eigenvalue weighted by Crippen LogP contribution is 2.64. The standard InChI is InChI=1S/C10H14O8P2/c1-2-18-9-5-7(3-4-8(9)11)6-10(19(12,13)14)20(15,16)17/h3-6,11H,2H2,1H3,(H2,12,13,14)(H2,15,16,17). The third-order valence-electron chi connectivity index (χ3n) is 2.18. The molecular weight excluding hydrogens is 310 g/mol. The van der Waals surface area contributed by atoms with Crippen molar-refractivity contribution in [1.82, 2.24) is 0 Å². The van der Waals surface area contributed by atoms with Gasteiger partial charge in [-0.05, 0) is 30.7 Å². The van der Waals surface area contributed by atoms with E-state index in [1.807, 2.05) is 0 Å². The molecule has 0 saturated heterocycles. The van der Waals surface area contributed by atoms with Gasteiger partial charge in [0.2, 0.25) is 0 Å². The van der Waals surface area contributed by atoms with Gasteiger partial charge in [0, 0.05) is 0 Å². The Bertz CT molecular complexity index is 588. The lowest BCUT2D eigenvalue weighted by atomic mass is 10.2. The van der Waals surface area contributed by atoms with Crippen LogP contribution in [0, 0.1) is 0 Å². The minimum atomic E-state index is -5.11. The minimum absolute atomic E-state index is 0.0389. The van der Waals surface area contributed by atoms with Crippen LogP contribution in [0.15, 0.2) is 23.3 Å². The molecule has 0 unspecified atom stereocenters. The van der Waals surface area contributed by atoms with Crippen LogP contribution in [0.25, 0.3) is 6.08 Å². The second-order valence-electron chi connectivity index (χ2n) is 3.75. The van der Waals surface area contributed by atoms with Crippen molar-refractivity contribution in [3.05, 3.63) is 28.8 Å². The minimum Gasteiger partial charge on any atom is -0.504 e. The topological polar surface area (TPSA) is 145 Å². The molecule has 112 valence electrons. The van der Waals surface area contributed by atoms with Crippen LogP contribution < -0.4 is 4.74 Å². The summed E-state index contributed by atoms with van der Waals surface area (Å²) < 4.78 is 27.3. The Morgan fingerprint density at radius 3 is 2.20 bits per heavy atom. The van der Waals surface area contributed by atoms with Gasteiger partial charge in [-0.2, -0.15) is 0 Å². The molecule has 0 bridgehead atoms. The van der Waals surface area contributed by atoms with Crippen molar-refractivity contribution in [2.24, 2.45) is 0 Å². The Hall–Kier alpha value is -1.14. The molecule has 1 aromatic rings. The van der Waals surface area contributed by atoms with Gasteiger partial charge in [-0.3, -0.25) is 9.13 Å². The van der Waals surface area contributed by atoms with Crippen LogP contribution in [0.2, 0.25) is 0 Å². The highest BCUT2D eigenvalue weighted by molar-refractivity contribution is 7.77. The number of aromatic hydroxyl groups is 1. The summed E-state index contributed by atoms with van der Waals surface area (Å²) in [6.07, 6.45) is 0.684. The van der Waals surface area contributed by atoms with Crippen molar-refractivity contribution >= 4 is 21.3 Å². The lowest BCUT2D eigenvalue weighted by molar-refractivity contribution is 0.318. The Morgan fingerprint density at radius 1 is 1.20 bits per heavy atom. The van der Waals surface area contributed by atoms with Gasteiger partial charge in [0.25, 0.3) is 0 Å². The monoisotopic (exact) mass is 324 g/mol. The van der Waals surface area contributed by atoms with E-state index in [1.165, 1.54) is 18.2 Å². The summed E-state index contributed by atoms with van der Waals surface area (Å²) in [5.74, 6) is -0.157. The maximum atomic E-state index is 11.1. The first-order chi connectivity index (χ1) is 9.05. The maximum absolute atomic E-state index is 11.1. The van der Waals surface area contributed by atoms with E-state index in [-0.39, 0.29) is 23.7 Å². The fourth-order valence-corrected chi connectivity index (χ4v) is 3.37. The van der Waals surface area contributed by atoms with Crippen LogP contribution in [0.1, 0.15) is 12.5 Å². The third-order valence-corrected chi connectivity index (χ3v) is 5.19. The summed E-state index contributed by atoms with van der Waals surface area (Å²) in [4.78, 5) is 35.9. The van der Waals surface area contributed by atoms with Crippen molar-refractivity contribution in [1.29, 1.82) is 0 Å². The van der Waals surface area contributed by atoms with Crippen LogP contribution in [-0.4, -0.2) is 31.3 Å². The molecule has 5 N–H and O–H groups in total. The van der Waals surface area contributed by atoms with Crippen molar-refractivity contribution in [2.75, 3.05) is 6.61 Å². The zero-order valence-corrected chi connectivity index (χ0v) is 12.2. The van der Waals surface area contributed by atoms with Crippen molar-refractivity contribution in [3.63, 3.8) is 0 Å². The Balaban J connectivity index is 3.36. The number of hydrogen-bond acceptors (Lipinski definition) is 4. The van der Waals surface area contributed by atoms with Crippen LogP contribution in [0.4, 0.5) is 0 Å². The van der Waals surface area contributed by atoms with Gasteiger partial charge in [-0.25, -0.2) is 0 Å². The normalized spacial score (nSPS) is 12.1. The lowest BCUT2D eigenvalue weighted by Gasteiger charge is -2.11. The molecule has 0 saturated carbocycles. The average molecular weight is 324 g/mol. The molecule has 0 aromatic heterocycles. The molecule has 0 spiro atoms. The van der Waals surface area contributed by atoms with Gasteiger partial charge in [0.05, 0.1) is 6.61 Å². The number of phenols is 1. The highest BCUT2D eigenvalue weighted by atomic mass is 31.2. The van der Waals surface area contributed by atoms with E-state index in [2.05, 4.69) is 0 Å². The van der Waals surface area contributed by atoms with E-state index in [0.29, 0.717) is 6.08 Å². The zero-order chi connectivity index (χ0) is 15.6. The predicted octanol–water partition coefficient (Wildman–Crippen LogP) is 1.44. The fraction of sp³-hybridized carbons (Fsp3) is 0.200. The first kappa shape index (κ1) is 16.9. The van der Waals surface area contributed by atoms with E-state index in [4.69, 9.17) is 24.3 Å². The smallest absolute Gasteiger partial charge is 0.364 e. The molecule has 1 aromatic carbocycles. The first-order valence-electron chi connectivity index (χ1n) is 5.35. The molecule has 20 heavy (non-hydrogen) atoms. The van der Waals surface area contributed by atoms with Crippen LogP contribution in [0.3, 0.4) is 0 Å². The van der Waals surface area contributed by atoms with E-state index < -0.39 is 20.2 Å². The summed E-state index contributed by atoms with van der Waals surface area (Å²) in [5, 5.41) is 8.17. The average Bonchev–Trinajstić information content (AvgIpc) is 2.27. The highest BCUT2D eigenvalue weighted by Gasteiger charge is 2.36. The molecule has 0 aliphatic carbocycles. The number of benzene rings is 1. The molecule has 0 amide bonds. The molecule has 10 heteroatoms. The van der Waals surface area contributed by atoms with Crippen molar-refractivity contribution < 1.29 is 38.5 Å². The van der Waals surface area contributed by atoms with E-state index in [0.717, 1.165) is 0 Å². The third kappa shape index (κ3) is 4.45. The van der Waals surface area contributed by atoms with Crippen LogP contribution in [-0.2, 0) is 9.13 Å². The van der Waals surface area contributed by atoms with Crippen molar-refractivity contribution in [3.8, 4) is 11.5 Å². The fourth-order valence-electron chi connectivity index (χ4n) is 1.38. The van der Waals surface area contributed by atoms with Gasteiger partial charge in [-0.1, -0.05) is 6.07 Å². The van der Waals surface area contributed by atoms with Crippen LogP contribution >= 0.6 is 15.2 Å². The molecule has 8 nitrogen and oxygen atoms in total.